The molecule has 0 radical (unpaired) electrons. The van der Waals surface area contributed by atoms with Crippen LogP contribution in [0, 0.1) is 0 Å². The number of nitrogens with one attached hydrogen (secondary N) is 2. The summed E-state index contributed by atoms with van der Waals surface area (Å²) in [6.07, 6.45) is 0.477. The number of methoxy groups -OCH3 is 1. The standard InChI is InChI=1S/C15H20N2O5S/c1-4-12(13-8-6-5-7-9-13)10-23(20,21)17-15(19)16-11(2)14(18)22-3/h5-11H,4H2,1-3H3,(H2,16,17,19). The molecular weight excluding hydrogens is 320 g/mol. The molecule has 0 heterocycles. The molecule has 0 aliphatic heterocycles. The van der Waals surface area contributed by atoms with Crippen molar-refractivity contribution in [3.8, 4) is 0 Å². The summed E-state index contributed by atoms with van der Waals surface area (Å²) in [6.45, 7) is 3.20. The van der Waals surface area contributed by atoms with Gasteiger partial charge in [-0.3, -0.25) is 0 Å². The number of carbonyl (C=O) groups is 2. The average molecular weight is 340 g/mol. The summed E-state index contributed by atoms with van der Waals surface area (Å²) in [6, 6.07) is 7.02. The summed E-state index contributed by atoms with van der Waals surface area (Å²) in [7, 11) is -2.82. The fraction of sp³-hybridized carbons (Fsp3) is 0.333. The van der Waals surface area contributed by atoms with Crippen molar-refractivity contribution in [2.24, 2.45) is 0 Å². The van der Waals surface area contributed by atoms with Crippen LogP contribution in [0.2, 0.25) is 0 Å². The minimum atomic E-state index is -3.99. The van der Waals surface area contributed by atoms with Crippen LogP contribution < -0.4 is 10.0 Å². The van der Waals surface area contributed by atoms with Gasteiger partial charge in [-0.15, -0.1) is 0 Å². The fourth-order valence-electron chi connectivity index (χ4n) is 1.82. The van der Waals surface area contributed by atoms with Crippen LogP contribution in [0.5, 0.6) is 0 Å². The summed E-state index contributed by atoms with van der Waals surface area (Å²) < 4.78 is 30.4. The maximum Gasteiger partial charge on any atom is 0.329 e. The predicted octanol–water partition coefficient (Wildman–Crippen LogP) is 1.63. The number of urea groups is 1. The van der Waals surface area contributed by atoms with Crippen molar-refractivity contribution in [1.82, 2.24) is 10.0 Å². The SMILES string of the molecule is CCC(=CS(=O)(=O)NC(=O)NC(C)C(=O)OC)c1ccccc1. The van der Waals surface area contributed by atoms with E-state index in [0.29, 0.717) is 12.0 Å². The topological polar surface area (TPSA) is 102 Å². The van der Waals surface area contributed by atoms with E-state index in [4.69, 9.17) is 0 Å². The van der Waals surface area contributed by atoms with E-state index in [1.165, 1.54) is 14.0 Å². The first-order chi connectivity index (χ1) is 10.8. The Morgan fingerprint density at radius 1 is 1.26 bits per heavy atom. The summed E-state index contributed by atoms with van der Waals surface area (Å²) >= 11 is 0. The third kappa shape index (κ3) is 6.11. The molecule has 2 N–H and O–H groups in total. The maximum atomic E-state index is 12.0. The highest BCUT2D eigenvalue weighted by Gasteiger charge is 2.19. The van der Waals surface area contributed by atoms with Crippen molar-refractivity contribution in [3.05, 3.63) is 41.3 Å². The van der Waals surface area contributed by atoms with Gasteiger partial charge in [0.25, 0.3) is 10.0 Å². The molecule has 23 heavy (non-hydrogen) atoms. The zero-order chi connectivity index (χ0) is 17.5. The molecule has 0 bridgehead atoms. The number of ether oxygens (including phenoxy) is 1. The Labute approximate surface area is 135 Å². The van der Waals surface area contributed by atoms with Crippen molar-refractivity contribution in [2.75, 3.05) is 7.11 Å². The quantitative estimate of drug-likeness (QED) is 0.766. The summed E-state index contributed by atoms with van der Waals surface area (Å²) in [4.78, 5) is 22.9. The van der Waals surface area contributed by atoms with Crippen molar-refractivity contribution in [1.29, 1.82) is 0 Å². The molecule has 0 saturated heterocycles. The maximum absolute atomic E-state index is 12.0. The van der Waals surface area contributed by atoms with Crippen LogP contribution in [-0.4, -0.2) is 33.6 Å². The fourth-order valence-corrected chi connectivity index (χ4v) is 2.87. The minimum Gasteiger partial charge on any atom is -0.467 e. The van der Waals surface area contributed by atoms with E-state index in [2.05, 4.69) is 10.1 Å². The van der Waals surface area contributed by atoms with Gasteiger partial charge < -0.3 is 10.1 Å². The molecule has 7 nitrogen and oxygen atoms in total. The largest absolute Gasteiger partial charge is 0.467 e. The number of sulfonamides is 1. The molecule has 126 valence electrons. The molecule has 1 rings (SSSR count). The molecule has 8 heteroatoms. The zero-order valence-electron chi connectivity index (χ0n) is 13.2. The van der Waals surface area contributed by atoms with E-state index in [0.717, 1.165) is 11.0 Å². The lowest BCUT2D eigenvalue weighted by Crippen LogP contribution is -2.46. The molecule has 1 aromatic carbocycles. The van der Waals surface area contributed by atoms with E-state index in [-0.39, 0.29) is 0 Å². The van der Waals surface area contributed by atoms with E-state index in [1.807, 2.05) is 17.7 Å². The van der Waals surface area contributed by atoms with Gasteiger partial charge >= 0.3 is 12.0 Å². The summed E-state index contributed by atoms with van der Waals surface area (Å²) in [5, 5.41) is 3.19. The van der Waals surface area contributed by atoms with Gasteiger partial charge in [-0.1, -0.05) is 37.3 Å². The van der Waals surface area contributed by atoms with E-state index < -0.39 is 28.1 Å². The van der Waals surface area contributed by atoms with Crippen LogP contribution in [0.3, 0.4) is 0 Å². The lowest BCUT2D eigenvalue weighted by Gasteiger charge is -2.12. The molecule has 1 atom stereocenters. The van der Waals surface area contributed by atoms with Crippen LogP contribution in [0.25, 0.3) is 5.57 Å². The predicted molar refractivity (Wildman–Crippen MR) is 86.8 cm³/mol. The van der Waals surface area contributed by atoms with Gasteiger partial charge in [-0.05, 0) is 24.5 Å². The third-order valence-electron chi connectivity index (χ3n) is 2.96. The van der Waals surface area contributed by atoms with Gasteiger partial charge in [0, 0.05) is 0 Å². The van der Waals surface area contributed by atoms with Crippen molar-refractivity contribution < 1.29 is 22.7 Å². The molecule has 2 amide bonds. The average Bonchev–Trinajstić information content (AvgIpc) is 2.51. The molecule has 0 aliphatic carbocycles. The molecule has 0 aromatic heterocycles. The number of benzene rings is 1. The molecule has 0 fully saturated rings. The molecule has 0 aliphatic rings. The highest BCUT2D eigenvalue weighted by Crippen LogP contribution is 2.18. The van der Waals surface area contributed by atoms with Gasteiger partial charge in [-0.2, -0.15) is 0 Å². The Morgan fingerprint density at radius 2 is 1.87 bits per heavy atom. The Balaban J connectivity index is 2.84. The van der Waals surface area contributed by atoms with E-state index >= 15 is 0 Å². The number of carbonyl (C=O) groups excluding carboxylic acids is 2. The number of hydrogen-bond donors (Lipinski definition) is 2. The number of amides is 2. The van der Waals surface area contributed by atoms with Crippen LogP contribution in [-0.2, 0) is 19.6 Å². The Bertz CT molecular complexity index is 683. The Kier molecular flexibility index (Phi) is 6.77. The second kappa shape index (κ2) is 8.33. The van der Waals surface area contributed by atoms with Crippen LogP contribution >= 0.6 is 0 Å². The van der Waals surface area contributed by atoms with Gasteiger partial charge in [0.1, 0.15) is 6.04 Å². The number of allylic oxidation sites excluding steroid dienone is 1. The number of hydrogen-bond acceptors (Lipinski definition) is 5. The monoisotopic (exact) mass is 340 g/mol. The smallest absolute Gasteiger partial charge is 0.329 e. The van der Waals surface area contributed by atoms with E-state index in [9.17, 15) is 18.0 Å². The first-order valence-corrected chi connectivity index (χ1v) is 8.50. The lowest BCUT2D eigenvalue weighted by atomic mass is 10.1. The molecule has 0 spiro atoms. The molecule has 1 aromatic rings. The first kappa shape index (κ1) is 18.7. The highest BCUT2D eigenvalue weighted by molar-refractivity contribution is 7.93. The second-order valence-corrected chi connectivity index (χ2v) is 6.26. The van der Waals surface area contributed by atoms with Crippen LogP contribution in [0.15, 0.2) is 35.7 Å². The van der Waals surface area contributed by atoms with Gasteiger partial charge in [0.15, 0.2) is 0 Å². The summed E-state index contributed by atoms with van der Waals surface area (Å²) in [5.74, 6) is -0.674. The number of esters is 1. The van der Waals surface area contributed by atoms with Gasteiger partial charge in [-0.25, -0.2) is 22.7 Å². The normalized spacial score (nSPS) is 13.1. The van der Waals surface area contributed by atoms with Crippen molar-refractivity contribution in [3.63, 3.8) is 0 Å². The highest BCUT2D eigenvalue weighted by atomic mass is 32.2. The molecule has 1 unspecified atom stereocenters. The van der Waals surface area contributed by atoms with Gasteiger partial charge in [0.05, 0.1) is 12.5 Å². The van der Waals surface area contributed by atoms with Crippen molar-refractivity contribution in [2.45, 2.75) is 26.3 Å². The molecule has 0 saturated carbocycles. The minimum absolute atomic E-state index is 0.477. The zero-order valence-corrected chi connectivity index (χ0v) is 14.0. The third-order valence-corrected chi connectivity index (χ3v) is 4.02. The van der Waals surface area contributed by atoms with E-state index in [1.54, 1.807) is 24.3 Å². The van der Waals surface area contributed by atoms with Crippen LogP contribution in [0.4, 0.5) is 4.79 Å². The first-order valence-electron chi connectivity index (χ1n) is 6.96. The number of rotatable bonds is 6. The Hall–Kier alpha value is -2.35. The summed E-state index contributed by atoms with van der Waals surface area (Å²) in [5.41, 5.74) is 1.32. The second-order valence-electron chi connectivity index (χ2n) is 4.73. The van der Waals surface area contributed by atoms with Crippen LogP contribution in [0.1, 0.15) is 25.8 Å². The van der Waals surface area contributed by atoms with Gasteiger partial charge in [0.2, 0.25) is 0 Å². The molecular formula is C15H20N2O5S. The lowest BCUT2D eigenvalue weighted by molar-refractivity contribution is -0.142. The van der Waals surface area contributed by atoms with Crippen molar-refractivity contribution >= 4 is 27.6 Å². The Morgan fingerprint density at radius 3 is 2.39 bits per heavy atom.